The van der Waals surface area contributed by atoms with E-state index in [-0.39, 0.29) is 6.54 Å². The van der Waals surface area contributed by atoms with Crippen LogP contribution in [0, 0.1) is 11.8 Å². The smallest absolute Gasteiger partial charge is 0.220 e. The lowest BCUT2D eigenvalue weighted by atomic mass is 10.3. The van der Waals surface area contributed by atoms with Gasteiger partial charge >= 0.3 is 0 Å². The minimum Gasteiger partial charge on any atom is -0.326 e. The summed E-state index contributed by atoms with van der Waals surface area (Å²) >= 11 is 0. The van der Waals surface area contributed by atoms with Crippen LogP contribution in [0.15, 0.2) is 30.5 Å². The highest BCUT2D eigenvalue weighted by Crippen LogP contribution is 2.13. The van der Waals surface area contributed by atoms with Crippen molar-refractivity contribution in [2.45, 2.75) is 6.54 Å². The fourth-order valence-corrected chi connectivity index (χ4v) is 1.29. The second kappa shape index (κ2) is 3.78. The predicted octanol–water partition coefficient (Wildman–Crippen LogP) is 1.61. The average Bonchev–Trinajstić information content (AvgIpc) is 2.59. The van der Waals surface area contributed by atoms with Crippen molar-refractivity contribution in [3.63, 3.8) is 0 Å². The third-order valence-electron chi connectivity index (χ3n) is 2.05. The van der Waals surface area contributed by atoms with Gasteiger partial charge in [-0.05, 0) is 18.2 Å². The molecule has 0 saturated heterocycles. The van der Waals surface area contributed by atoms with Crippen molar-refractivity contribution in [1.82, 2.24) is 9.78 Å². The maximum atomic E-state index is 13.5. The largest absolute Gasteiger partial charge is 0.326 e. The fourth-order valence-electron chi connectivity index (χ4n) is 1.29. The highest BCUT2D eigenvalue weighted by Gasteiger charge is 2.10. The summed E-state index contributed by atoms with van der Waals surface area (Å²) in [5.74, 6) is -0.986. The second-order valence-electron chi connectivity index (χ2n) is 3.06. The van der Waals surface area contributed by atoms with Crippen molar-refractivity contribution in [2.24, 2.45) is 5.73 Å². The fraction of sp³-hybridized carbons (Fsp3) is 0.100. The lowest BCUT2D eigenvalue weighted by Gasteiger charge is -2.01. The Hall–Kier alpha value is -1.75. The number of nitrogens with zero attached hydrogens (tertiary/aromatic N) is 2. The molecule has 0 bridgehead atoms. The molecule has 0 aliphatic rings. The van der Waals surface area contributed by atoms with E-state index < -0.39 is 11.8 Å². The van der Waals surface area contributed by atoms with Crippen LogP contribution in [0.3, 0.4) is 0 Å². The summed E-state index contributed by atoms with van der Waals surface area (Å²) in [4.78, 5) is 0. The topological polar surface area (TPSA) is 43.8 Å². The molecule has 3 nitrogen and oxygen atoms in total. The zero-order chi connectivity index (χ0) is 10.8. The van der Waals surface area contributed by atoms with E-state index in [1.54, 1.807) is 6.07 Å². The SMILES string of the molecule is NCc1cnn(-c2cccc(F)c2)c1F. The second-order valence-corrected chi connectivity index (χ2v) is 3.06. The monoisotopic (exact) mass is 209 g/mol. The molecule has 0 fully saturated rings. The van der Waals surface area contributed by atoms with E-state index in [0.717, 1.165) is 4.68 Å². The minimum absolute atomic E-state index is 0.0706. The molecule has 0 unspecified atom stereocenters. The first-order valence-electron chi connectivity index (χ1n) is 4.41. The Morgan fingerprint density at radius 1 is 1.33 bits per heavy atom. The molecule has 2 rings (SSSR count). The number of halogens is 2. The van der Waals surface area contributed by atoms with E-state index in [1.807, 2.05) is 0 Å². The molecule has 0 aliphatic heterocycles. The molecule has 5 heteroatoms. The number of hydrogen-bond donors (Lipinski definition) is 1. The molecule has 0 radical (unpaired) electrons. The molecule has 0 aliphatic carbocycles. The third kappa shape index (κ3) is 1.73. The van der Waals surface area contributed by atoms with Crippen LogP contribution in [-0.2, 0) is 6.54 Å². The first kappa shape index (κ1) is 9.79. The molecule has 2 N–H and O–H groups in total. The highest BCUT2D eigenvalue weighted by molar-refractivity contribution is 5.32. The maximum Gasteiger partial charge on any atom is 0.220 e. The Kier molecular flexibility index (Phi) is 2.47. The molecule has 0 spiro atoms. The van der Waals surface area contributed by atoms with Crippen LogP contribution in [-0.4, -0.2) is 9.78 Å². The van der Waals surface area contributed by atoms with E-state index in [0.29, 0.717) is 11.3 Å². The van der Waals surface area contributed by atoms with Gasteiger partial charge in [0, 0.05) is 12.1 Å². The highest BCUT2D eigenvalue weighted by atomic mass is 19.1. The van der Waals surface area contributed by atoms with Gasteiger partial charge in [-0.2, -0.15) is 9.49 Å². The van der Waals surface area contributed by atoms with Crippen LogP contribution >= 0.6 is 0 Å². The molecule has 15 heavy (non-hydrogen) atoms. The van der Waals surface area contributed by atoms with Gasteiger partial charge in [-0.25, -0.2) is 9.07 Å². The Morgan fingerprint density at radius 3 is 2.73 bits per heavy atom. The van der Waals surface area contributed by atoms with Gasteiger partial charge in [0.2, 0.25) is 5.95 Å². The standard InChI is InChI=1S/C10H9F2N3/c11-8-2-1-3-9(4-8)15-10(12)7(5-13)6-14-15/h1-4,6H,5,13H2. The summed E-state index contributed by atoms with van der Waals surface area (Å²) in [5, 5.41) is 3.79. The van der Waals surface area contributed by atoms with E-state index in [2.05, 4.69) is 5.10 Å². The minimum atomic E-state index is -0.553. The van der Waals surface area contributed by atoms with Gasteiger partial charge in [0.05, 0.1) is 11.9 Å². The van der Waals surface area contributed by atoms with Crippen molar-refractivity contribution in [2.75, 3.05) is 0 Å². The Morgan fingerprint density at radius 2 is 2.13 bits per heavy atom. The molecule has 1 heterocycles. The van der Waals surface area contributed by atoms with Gasteiger partial charge in [0.15, 0.2) is 0 Å². The summed E-state index contributed by atoms with van der Waals surface area (Å²) in [6, 6.07) is 5.55. The molecule has 78 valence electrons. The van der Waals surface area contributed by atoms with E-state index in [4.69, 9.17) is 5.73 Å². The summed E-state index contributed by atoms with van der Waals surface area (Å²) in [6.07, 6.45) is 1.33. The average molecular weight is 209 g/mol. The molecular weight excluding hydrogens is 200 g/mol. The van der Waals surface area contributed by atoms with Gasteiger partial charge in [0.1, 0.15) is 5.82 Å². The van der Waals surface area contributed by atoms with Crippen LogP contribution in [0.1, 0.15) is 5.56 Å². The summed E-state index contributed by atoms with van der Waals surface area (Å²) in [6.45, 7) is 0.0706. The van der Waals surface area contributed by atoms with Crippen molar-refractivity contribution < 1.29 is 8.78 Å². The lowest BCUT2D eigenvalue weighted by molar-refractivity contribution is 0.525. The van der Waals surface area contributed by atoms with E-state index >= 15 is 0 Å². The van der Waals surface area contributed by atoms with Gasteiger partial charge in [-0.1, -0.05) is 6.07 Å². The van der Waals surface area contributed by atoms with Crippen molar-refractivity contribution in [1.29, 1.82) is 0 Å². The zero-order valence-corrected chi connectivity index (χ0v) is 7.82. The van der Waals surface area contributed by atoms with Gasteiger partial charge in [0.25, 0.3) is 0 Å². The quantitative estimate of drug-likeness (QED) is 0.816. The Balaban J connectivity index is 2.49. The molecule has 0 saturated carbocycles. The van der Waals surface area contributed by atoms with Gasteiger partial charge in [-0.3, -0.25) is 0 Å². The maximum absolute atomic E-state index is 13.5. The first-order valence-corrected chi connectivity index (χ1v) is 4.41. The number of benzene rings is 1. The molecular formula is C10H9F2N3. The van der Waals surface area contributed by atoms with Gasteiger partial charge in [-0.15, -0.1) is 0 Å². The molecule has 0 atom stereocenters. The Bertz CT molecular complexity index is 479. The number of aromatic nitrogens is 2. The number of rotatable bonds is 2. The molecule has 0 amide bonds. The third-order valence-corrected chi connectivity index (χ3v) is 2.05. The summed E-state index contributed by atoms with van der Waals surface area (Å²) in [5.41, 5.74) is 5.95. The van der Waals surface area contributed by atoms with Crippen LogP contribution in [0.5, 0.6) is 0 Å². The van der Waals surface area contributed by atoms with Crippen molar-refractivity contribution >= 4 is 0 Å². The van der Waals surface area contributed by atoms with Crippen molar-refractivity contribution in [3.8, 4) is 5.69 Å². The van der Waals surface area contributed by atoms with Crippen LogP contribution in [0.2, 0.25) is 0 Å². The summed E-state index contributed by atoms with van der Waals surface area (Å²) < 4.78 is 27.5. The molecule has 2 aromatic rings. The predicted molar refractivity (Wildman–Crippen MR) is 51.4 cm³/mol. The zero-order valence-electron chi connectivity index (χ0n) is 7.82. The van der Waals surface area contributed by atoms with Crippen LogP contribution in [0.25, 0.3) is 5.69 Å². The van der Waals surface area contributed by atoms with Crippen LogP contribution < -0.4 is 5.73 Å². The van der Waals surface area contributed by atoms with E-state index in [1.165, 1.54) is 24.4 Å². The van der Waals surface area contributed by atoms with E-state index in [9.17, 15) is 8.78 Å². The van der Waals surface area contributed by atoms with Crippen molar-refractivity contribution in [3.05, 3.63) is 47.8 Å². The molecule has 1 aromatic heterocycles. The number of hydrogen-bond acceptors (Lipinski definition) is 2. The number of nitrogens with two attached hydrogens (primary N) is 1. The Labute approximate surface area is 85.1 Å². The first-order chi connectivity index (χ1) is 7.22. The molecule has 1 aromatic carbocycles. The normalized spacial score (nSPS) is 10.6. The van der Waals surface area contributed by atoms with Gasteiger partial charge < -0.3 is 5.73 Å². The lowest BCUT2D eigenvalue weighted by Crippen LogP contribution is -2.03. The summed E-state index contributed by atoms with van der Waals surface area (Å²) in [7, 11) is 0. The van der Waals surface area contributed by atoms with Crippen LogP contribution in [0.4, 0.5) is 8.78 Å².